The van der Waals surface area contributed by atoms with Gasteiger partial charge in [-0.25, -0.2) is 0 Å². The van der Waals surface area contributed by atoms with Gasteiger partial charge in [0, 0.05) is 35.3 Å². The average Bonchev–Trinajstić information content (AvgIpc) is 2.40. The second kappa shape index (κ2) is 18.2. The SMILES string of the molecule is C1=C\CC/C=C\CC/1.C[PH+](C[PH+](C(C)(C)C)C(C)(C)C)C(C)(C)C.FB(F)F.[F-].[Rh]. The fourth-order valence-electron chi connectivity index (χ4n) is 3.04. The van der Waals surface area contributed by atoms with Crippen molar-refractivity contribution in [2.24, 2.45) is 0 Å². The molecule has 0 spiro atoms. The number of halogens is 4. The summed E-state index contributed by atoms with van der Waals surface area (Å²) < 4.78 is 29.0. The van der Waals surface area contributed by atoms with E-state index in [0.29, 0.717) is 15.5 Å². The van der Waals surface area contributed by atoms with Gasteiger partial charge in [0.2, 0.25) is 0 Å². The molecule has 1 unspecified atom stereocenters. The van der Waals surface area contributed by atoms with E-state index < -0.39 is 7.54 Å². The van der Waals surface area contributed by atoms with Gasteiger partial charge in [-0.1, -0.05) is 24.3 Å². The quantitative estimate of drug-likeness (QED) is 0.169. The summed E-state index contributed by atoms with van der Waals surface area (Å²) in [4.78, 5) is 0. The van der Waals surface area contributed by atoms with E-state index in [-0.39, 0.29) is 40.0 Å². The smallest absolute Gasteiger partial charge is 0.762 e. The second-order valence-corrected chi connectivity index (χ2v) is 19.0. The third kappa shape index (κ3) is 23.4. The Kier molecular flexibility index (Phi) is 23.1. The first-order valence-corrected chi connectivity index (χ1v) is 14.3. The number of hydrogen-bond donors (Lipinski definition) is 0. The van der Waals surface area contributed by atoms with Gasteiger partial charge < -0.3 is 4.70 Å². The molecular weight excluding hydrogens is 516 g/mol. The molecule has 183 valence electrons. The summed E-state index contributed by atoms with van der Waals surface area (Å²) in [6.07, 6.45) is 14.0. The van der Waals surface area contributed by atoms with Gasteiger partial charge in [-0.3, -0.25) is 12.9 Å². The average molecular weight is 562 g/mol. The summed E-state index contributed by atoms with van der Waals surface area (Å²) in [7, 11) is -4.20. The molecule has 0 N–H and O–H groups in total. The summed E-state index contributed by atoms with van der Waals surface area (Å²) in [5.74, 6) is 1.53. The minimum atomic E-state index is -3.67. The maximum absolute atomic E-state index is 9.67. The Labute approximate surface area is 200 Å². The minimum Gasteiger partial charge on any atom is -1.00 e. The molecular formula is C22H46BF4P2Rh+. The van der Waals surface area contributed by atoms with E-state index in [2.05, 4.69) is 93.3 Å². The standard InChI is InChI=1S/C14H32P2.C8H12.BF3.FH.Rh/c1-12(2,3)15(10)11-16(13(4,5)6)14(7,8)9;1-2-4-6-8-7-5-3-1;2-1(3)4;;/h11H2,1-10H3;1-2,7-8H,3-6H2;;1H;/p+1/b;2-1-,8-7-;;;. The predicted molar refractivity (Wildman–Crippen MR) is 133 cm³/mol. The molecule has 0 bridgehead atoms. The molecule has 0 nitrogen and oxygen atoms in total. The molecule has 0 amide bonds. The molecule has 0 aromatic heterocycles. The van der Waals surface area contributed by atoms with Crippen molar-refractivity contribution < 1.29 is 37.1 Å². The summed E-state index contributed by atoms with van der Waals surface area (Å²) in [5, 5.41) is 1.61. The molecule has 0 aliphatic heterocycles. The van der Waals surface area contributed by atoms with Crippen molar-refractivity contribution in [3.05, 3.63) is 24.3 Å². The molecule has 0 saturated heterocycles. The van der Waals surface area contributed by atoms with Gasteiger partial charge in [0.25, 0.3) is 0 Å². The fourth-order valence-corrected chi connectivity index (χ4v) is 13.8. The van der Waals surface area contributed by atoms with E-state index >= 15 is 0 Å². The molecule has 0 heterocycles. The van der Waals surface area contributed by atoms with Crippen LogP contribution < -0.4 is 4.70 Å². The molecule has 1 atom stereocenters. The van der Waals surface area contributed by atoms with Crippen molar-refractivity contribution in [1.29, 1.82) is 0 Å². The first kappa shape index (κ1) is 38.0. The summed E-state index contributed by atoms with van der Waals surface area (Å²) in [6, 6.07) is 0. The third-order valence-corrected chi connectivity index (χ3v) is 14.6. The van der Waals surface area contributed by atoms with Crippen LogP contribution in [0.3, 0.4) is 0 Å². The van der Waals surface area contributed by atoms with Crippen LogP contribution in [0.1, 0.15) is 88.0 Å². The van der Waals surface area contributed by atoms with Crippen LogP contribution in [0.4, 0.5) is 12.9 Å². The first-order valence-electron chi connectivity index (χ1n) is 10.4. The van der Waals surface area contributed by atoms with Crippen LogP contribution >= 0.6 is 15.8 Å². The molecule has 1 radical (unpaired) electrons. The van der Waals surface area contributed by atoms with E-state index in [1.807, 2.05) is 0 Å². The second-order valence-electron chi connectivity index (χ2n) is 10.5. The van der Waals surface area contributed by atoms with Gasteiger partial charge in [-0.05, 0) is 88.0 Å². The predicted octanol–water partition coefficient (Wildman–Crippen LogP) is 5.95. The Morgan fingerprint density at radius 2 is 0.900 bits per heavy atom. The largest absolute Gasteiger partial charge is 1.00 e. The number of hydrogen-bond acceptors (Lipinski definition) is 0. The Morgan fingerprint density at radius 3 is 1.07 bits per heavy atom. The number of rotatable bonds is 2. The van der Waals surface area contributed by atoms with Crippen LogP contribution in [-0.2, 0) is 19.5 Å². The maximum Gasteiger partial charge on any atom is 0.762 e. The summed E-state index contributed by atoms with van der Waals surface area (Å²) >= 11 is 0. The summed E-state index contributed by atoms with van der Waals surface area (Å²) in [6.45, 7) is 24.5. The van der Waals surface area contributed by atoms with Gasteiger partial charge in [0.1, 0.15) is 0 Å². The van der Waals surface area contributed by atoms with Gasteiger partial charge in [0.05, 0.1) is 22.1 Å². The maximum atomic E-state index is 9.67. The van der Waals surface area contributed by atoms with Crippen molar-refractivity contribution in [3.63, 3.8) is 0 Å². The normalized spacial score (nSPS) is 17.3. The van der Waals surface area contributed by atoms with Crippen molar-refractivity contribution in [2.45, 2.75) is 103 Å². The van der Waals surface area contributed by atoms with Crippen molar-refractivity contribution >= 4 is 23.4 Å². The van der Waals surface area contributed by atoms with Gasteiger partial charge >= 0.3 is 7.54 Å². The number of allylic oxidation sites excluding steroid dienone is 4. The monoisotopic (exact) mass is 562 g/mol. The van der Waals surface area contributed by atoms with Crippen LogP contribution in [-0.4, -0.2) is 35.6 Å². The van der Waals surface area contributed by atoms with Crippen LogP contribution in [0.25, 0.3) is 0 Å². The molecule has 1 aliphatic rings. The molecule has 1 rings (SSSR count). The topological polar surface area (TPSA) is 0 Å². The third-order valence-electron chi connectivity index (χ3n) is 4.87. The zero-order valence-corrected chi connectivity index (χ0v) is 24.4. The van der Waals surface area contributed by atoms with E-state index in [1.165, 1.54) is 31.6 Å². The Balaban J connectivity index is -0.000000202. The zero-order valence-electron chi connectivity index (χ0n) is 20.8. The van der Waals surface area contributed by atoms with E-state index in [1.54, 1.807) is 0 Å². The van der Waals surface area contributed by atoms with E-state index in [0.717, 1.165) is 0 Å². The van der Waals surface area contributed by atoms with Gasteiger partial charge in [-0.2, -0.15) is 0 Å². The molecule has 0 saturated carbocycles. The van der Waals surface area contributed by atoms with Crippen molar-refractivity contribution in [3.8, 4) is 0 Å². The van der Waals surface area contributed by atoms with Crippen molar-refractivity contribution in [1.82, 2.24) is 0 Å². The Bertz CT molecular complexity index is 411. The van der Waals surface area contributed by atoms with Crippen LogP contribution in [0.5, 0.6) is 0 Å². The van der Waals surface area contributed by atoms with E-state index in [4.69, 9.17) is 0 Å². The summed E-state index contributed by atoms with van der Waals surface area (Å²) in [5.41, 5.74) is 0. The van der Waals surface area contributed by atoms with E-state index in [9.17, 15) is 12.9 Å². The first-order chi connectivity index (χ1) is 12.5. The molecule has 0 aromatic carbocycles. The van der Waals surface area contributed by atoms with Gasteiger partial charge in [0.15, 0.2) is 5.90 Å². The minimum absolute atomic E-state index is 0. The Hall–Kier alpha value is 0.748. The van der Waals surface area contributed by atoms with Crippen molar-refractivity contribution in [2.75, 3.05) is 12.6 Å². The molecule has 0 aromatic rings. The fraction of sp³-hybridized carbons (Fsp3) is 0.818. The Morgan fingerprint density at radius 1 is 0.667 bits per heavy atom. The van der Waals surface area contributed by atoms with Crippen LogP contribution in [0.2, 0.25) is 0 Å². The molecule has 0 fully saturated rings. The van der Waals surface area contributed by atoms with Crippen LogP contribution in [0.15, 0.2) is 24.3 Å². The van der Waals surface area contributed by atoms with Crippen LogP contribution in [0, 0.1) is 0 Å². The molecule has 1 aliphatic carbocycles. The zero-order chi connectivity index (χ0) is 22.6. The molecule has 8 heteroatoms. The van der Waals surface area contributed by atoms with Gasteiger partial charge in [-0.15, -0.1) is 0 Å². The molecule has 30 heavy (non-hydrogen) atoms.